The van der Waals surface area contributed by atoms with Crippen LogP contribution in [-0.4, -0.2) is 27.5 Å². The number of nitrogens with one attached hydrogen (secondary N) is 1. The maximum Gasteiger partial charge on any atom is 0.269 e. The summed E-state index contributed by atoms with van der Waals surface area (Å²) in [6.45, 7) is 0. The third-order valence-corrected chi connectivity index (χ3v) is 2.01. The van der Waals surface area contributed by atoms with Gasteiger partial charge in [0, 0.05) is 25.6 Å². The number of pyridine rings is 1. The molecule has 5 heteroatoms. The maximum absolute atomic E-state index is 11.3. The molecule has 0 fully saturated rings. The predicted molar refractivity (Wildman–Crippen MR) is 54.7 cm³/mol. The number of rotatable bonds is 2. The highest BCUT2D eigenvalue weighted by Crippen LogP contribution is 2.07. The monoisotopic (exact) mass is 202 g/mol. The Kier molecular flexibility index (Phi) is 2.45. The summed E-state index contributed by atoms with van der Waals surface area (Å²) < 4.78 is 1.81. The zero-order valence-electron chi connectivity index (χ0n) is 8.21. The van der Waals surface area contributed by atoms with Gasteiger partial charge in [-0.15, -0.1) is 0 Å². The predicted octanol–water partition coefficient (Wildman–Crippen LogP) is 0.627. The maximum atomic E-state index is 11.3. The van der Waals surface area contributed by atoms with Gasteiger partial charge in [0.05, 0.1) is 12.0 Å². The van der Waals surface area contributed by atoms with Crippen LogP contribution in [0.2, 0.25) is 0 Å². The van der Waals surface area contributed by atoms with Crippen LogP contribution in [0.4, 0.5) is 0 Å². The van der Waals surface area contributed by atoms with E-state index in [1.807, 2.05) is 16.8 Å². The van der Waals surface area contributed by atoms with E-state index < -0.39 is 0 Å². The molecule has 2 rings (SSSR count). The lowest BCUT2D eigenvalue weighted by Crippen LogP contribution is -2.19. The molecular formula is C10H10N4O. The molecule has 2 aromatic rings. The number of imidazole rings is 1. The SMILES string of the molecule is CNC(=O)c1cc(-n2ccnc2)ccn1. The van der Waals surface area contributed by atoms with E-state index in [0.29, 0.717) is 5.69 Å². The number of hydrogen-bond acceptors (Lipinski definition) is 3. The van der Waals surface area contributed by atoms with E-state index in [9.17, 15) is 4.79 Å². The first kappa shape index (κ1) is 9.39. The van der Waals surface area contributed by atoms with Gasteiger partial charge >= 0.3 is 0 Å². The van der Waals surface area contributed by atoms with Crippen molar-refractivity contribution in [3.8, 4) is 5.69 Å². The largest absolute Gasteiger partial charge is 0.354 e. The first-order valence-electron chi connectivity index (χ1n) is 4.48. The minimum atomic E-state index is -0.197. The first-order chi connectivity index (χ1) is 7.31. The molecule has 0 aliphatic heterocycles. The van der Waals surface area contributed by atoms with Crippen LogP contribution in [0.25, 0.3) is 5.69 Å². The molecule has 1 N–H and O–H groups in total. The van der Waals surface area contributed by atoms with Crippen molar-refractivity contribution in [2.24, 2.45) is 0 Å². The fourth-order valence-corrected chi connectivity index (χ4v) is 1.24. The van der Waals surface area contributed by atoms with Crippen LogP contribution in [0.3, 0.4) is 0 Å². The van der Waals surface area contributed by atoms with Crippen molar-refractivity contribution in [1.29, 1.82) is 0 Å². The highest BCUT2D eigenvalue weighted by molar-refractivity contribution is 5.92. The topological polar surface area (TPSA) is 59.8 Å². The van der Waals surface area contributed by atoms with Crippen molar-refractivity contribution in [1.82, 2.24) is 19.9 Å². The first-order valence-corrected chi connectivity index (χ1v) is 4.48. The van der Waals surface area contributed by atoms with E-state index in [0.717, 1.165) is 5.69 Å². The van der Waals surface area contributed by atoms with Crippen LogP contribution in [0.15, 0.2) is 37.1 Å². The van der Waals surface area contributed by atoms with Gasteiger partial charge in [-0.3, -0.25) is 9.78 Å². The minimum Gasteiger partial charge on any atom is -0.354 e. The van der Waals surface area contributed by atoms with Crippen molar-refractivity contribution in [3.05, 3.63) is 42.7 Å². The van der Waals surface area contributed by atoms with E-state index >= 15 is 0 Å². The Hall–Kier alpha value is -2.17. The molecule has 76 valence electrons. The number of amides is 1. The third kappa shape index (κ3) is 1.85. The Morgan fingerprint density at radius 3 is 3.00 bits per heavy atom. The Balaban J connectivity index is 2.39. The van der Waals surface area contributed by atoms with Crippen LogP contribution >= 0.6 is 0 Å². The van der Waals surface area contributed by atoms with Crippen molar-refractivity contribution in [2.45, 2.75) is 0 Å². The summed E-state index contributed by atoms with van der Waals surface area (Å²) in [6, 6.07) is 3.52. The number of hydrogen-bond donors (Lipinski definition) is 1. The fourth-order valence-electron chi connectivity index (χ4n) is 1.24. The van der Waals surface area contributed by atoms with Gasteiger partial charge in [0.1, 0.15) is 5.69 Å². The summed E-state index contributed by atoms with van der Waals surface area (Å²) in [6.07, 6.45) is 6.76. The lowest BCUT2D eigenvalue weighted by Gasteiger charge is -2.03. The lowest BCUT2D eigenvalue weighted by molar-refractivity contribution is 0.0958. The second-order valence-electron chi connectivity index (χ2n) is 2.95. The molecule has 1 amide bonds. The summed E-state index contributed by atoms with van der Waals surface area (Å²) in [5.41, 5.74) is 1.25. The van der Waals surface area contributed by atoms with Gasteiger partial charge in [-0.05, 0) is 12.1 Å². The quantitative estimate of drug-likeness (QED) is 0.776. The minimum absolute atomic E-state index is 0.197. The molecule has 0 spiro atoms. The van der Waals surface area contributed by atoms with Gasteiger partial charge in [-0.2, -0.15) is 0 Å². The molecule has 5 nitrogen and oxygen atoms in total. The summed E-state index contributed by atoms with van der Waals surface area (Å²) >= 11 is 0. The van der Waals surface area contributed by atoms with E-state index in [1.165, 1.54) is 0 Å². The molecule has 0 aromatic carbocycles. The molecular weight excluding hydrogens is 192 g/mol. The van der Waals surface area contributed by atoms with Crippen molar-refractivity contribution in [2.75, 3.05) is 7.05 Å². The standard InChI is InChI=1S/C10H10N4O/c1-11-10(15)9-6-8(2-3-13-9)14-5-4-12-7-14/h2-7H,1H3,(H,11,15). The van der Waals surface area contributed by atoms with Crippen LogP contribution in [0.5, 0.6) is 0 Å². The average Bonchev–Trinajstić information content (AvgIpc) is 2.82. The molecule has 0 saturated heterocycles. The van der Waals surface area contributed by atoms with Crippen molar-refractivity contribution < 1.29 is 4.79 Å². The number of aromatic nitrogens is 3. The summed E-state index contributed by atoms with van der Waals surface area (Å²) in [5.74, 6) is -0.197. The Morgan fingerprint density at radius 2 is 2.33 bits per heavy atom. The molecule has 2 aromatic heterocycles. The summed E-state index contributed by atoms with van der Waals surface area (Å²) in [5, 5.41) is 2.53. The average molecular weight is 202 g/mol. The molecule has 0 aliphatic rings. The molecule has 0 bridgehead atoms. The summed E-state index contributed by atoms with van der Waals surface area (Å²) in [7, 11) is 1.58. The van der Waals surface area contributed by atoms with Crippen LogP contribution in [-0.2, 0) is 0 Å². The number of carbonyl (C=O) groups is 1. The van der Waals surface area contributed by atoms with Crippen molar-refractivity contribution >= 4 is 5.91 Å². The van der Waals surface area contributed by atoms with Crippen LogP contribution < -0.4 is 5.32 Å². The molecule has 0 saturated carbocycles. The van der Waals surface area contributed by atoms with Crippen LogP contribution in [0, 0.1) is 0 Å². The third-order valence-electron chi connectivity index (χ3n) is 2.01. The van der Waals surface area contributed by atoms with Gasteiger partial charge in [0.2, 0.25) is 0 Å². The molecule has 15 heavy (non-hydrogen) atoms. The van der Waals surface area contributed by atoms with Crippen molar-refractivity contribution in [3.63, 3.8) is 0 Å². The van der Waals surface area contributed by atoms with Crippen LogP contribution in [0.1, 0.15) is 10.5 Å². The molecule has 0 unspecified atom stereocenters. The van der Waals surface area contributed by atoms with Gasteiger partial charge in [-0.25, -0.2) is 4.98 Å². The Morgan fingerprint density at radius 1 is 1.47 bits per heavy atom. The van der Waals surface area contributed by atoms with Gasteiger partial charge in [0.15, 0.2) is 0 Å². The molecule has 0 radical (unpaired) electrons. The zero-order valence-corrected chi connectivity index (χ0v) is 8.21. The normalized spacial score (nSPS) is 9.93. The van der Waals surface area contributed by atoms with E-state index in [4.69, 9.17) is 0 Å². The highest BCUT2D eigenvalue weighted by Gasteiger charge is 2.05. The second kappa shape index (κ2) is 3.91. The molecule has 0 atom stereocenters. The summed E-state index contributed by atoms with van der Waals surface area (Å²) in [4.78, 5) is 19.2. The van der Waals surface area contributed by atoms with Gasteiger partial charge in [0.25, 0.3) is 5.91 Å². The number of carbonyl (C=O) groups excluding carboxylic acids is 1. The van der Waals surface area contributed by atoms with Gasteiger partial charge in [-0.1, -0.05) is 0 Å². The second-order valence-corrected chi connectivity index (χ2v) is 2.95. The molecule has 2 heterocycles. The molecule has 0 aliphatic carbocycles. The van der Waals surface area contributed by atoms with Gasteiger partial charge < -0.3 is 9.88 Å². The Bertz CT molecular complexity index is 464. The lowest BCUT2D eigenvalue weighted by atomic mass is 10.3. The van der Waals surface area contributed by atoms with E-state index in [-0.39, 0.29) is 5.91 Å². The zero-order chi connectivity index (χ0) is 10.7. The van der Waals surface area contributed by atoms with E-state index in [2.05, 4.69) is 15.3 Å². The van der Waals surface area contributed by atoms with E-state index in [1.54, 1.807) is 31.8 Å². The number of nitrogens with zero attached hydrogens (tertiary/aromatic N) is 3. The highest BCUT2D eigenvalue weighted by atomic mass is 16.1. The fraction of sp³-hybridized carbons (Fsp3) is 0.100. The smallest absolute Gasteiger partial charge is 0.269 e. The Labute approximate surface area is 86.8 Å².